The first-order valence-electron chi connectivity index (χ1n) is 8.14. The van der Waals surface area contributed by atoms with Crippen molar-refractivity contribution in [2.24, 2.45) is 5.92 Å². The van der Waals surface area contributed by atoms with Crippen LogP contribution < -0.4 is 0 Å². The van der Waals surface area contributed by atoms with E-state index in [9.17, 15) is 4.79 Å². The molecule has 1 aliphatic rings. The predicted molar refractivity (Wildman–Crippen MR) is 91.9 cm³/mol. The van der Waals surface area contributed by atoms with Gasteiger partial charge in [-0.2, -0.15) is 0 Å². The Balaban J connectivity index is 1.62. The zero-order valence-electron chi connectivity index (χ0n) is 14.1. The number of hydrogen-bond donors (Lipinski definition) is 0. The van der Waals surface area contributed by atoms with Crippen LogP contribution in [0, 0.1) is 19.8 Å². The fraction of sp³-hybridized carbons (Fsp3) is 0.529. The Morgan fingerprint density at radius 1 is 1.38 bits per heavy atom. The maximum absolute atomic E-state index is 12.6. The van der Waals surface area contributed by atoms with Gasteiger partial charge in [0.1, 0.15) is 6.33 Å². The molecule has 7 heteroatoms. The Bertz CT molecular complexity index is 703. The molecule has 1 amide bonds. The third-order valence-corrected chi connectivity index (χ3v) is 4.87. The number of hydrogen-bond acceptors (Lipinski definition) is 6. The fourth-order valence-electron chi connectivity index (χ4n) is 2.90. The van der Waals surface area contributed by atoms with E-state index in [-0.39, 0.29) is 11.8 Å². The van der Waals surface area contributed by atoms with E-state index in [1.54, 1.807) is 17.7 Å². The van der Waals surface area contributed by atoms with Gasteiger partial charge in [0.25, 0.3) is 0 Å². The molecule has 0 spiro atoms. The van der Waals surface area contributed by atoms with Crippen LogP contribution in [0.4, 0.5) is 0 Å². The average molecular weight is 346 g/mol. The first kappa shape index (κ1) is 17.0. The van der Waals surface area contributed by atoms with E-state index < -0.39 is 0 Å². The fourth-order valence-corrected chi connectivity index (χ4v) is 3.52. The van der Waals surface area contributed by atoms with Crippen LogP contribution in [0.5, 0.6) is 0 Å². The van der Waals surface area contributed by atoms with E-state index in [0.717, 1.165) is 28.5 Å². The van der Waals surface area contributed by atoms with Gasteiger partial charge in [0.15, 0.2) is 0 Å². The lowest BCUT2D eigenvalue weighted by Crippen LogP contribution is -2.37. The van der Waals surface area contributed by atoms with Gasteiger partial charge in [0.05, 0.1) is 30.3 Å². The normalized spacial score (nSPS) is 18.4. The zero-order chi connectivity index (χ0) is 16.9. The molecule has 24 heavy (non-hydrogen) atoms. The van der Waals surface area contributed by atoms with Crippen molar-refractivity contribution in [2.45, 2.75) is 26.7 Å². The van der Waals surface area contributed by atoms with Crippen LogP contribution in [0.2, 0.25) is 0 Å². The second-order valence-corrected chi connectivity index (χ2v) is 7.23. The number of amides is 1. The molecule has 0 aliphatic carbocycles. The quantitative estimate of drug-likeness (QED) is 0.844. The van der Waals surface area contributed by atoms with Crippen molar-refractivity contribution >= 4 is 17.2 Å². The molecule has 1 aliphatic heterocycles. The molecular weight excluding hydrogens is 324 g/mol. The Hall–Kier alpha value is -1.86. The van der Waals surface area contributed by atoms with E-state index in [4.69, 9.17) is 4.74 Å². The highest BCUT2D eigenvalue weighted by Crippen LogP contribution is 2.15. The molecule has 0 N–H and O–H groups in total. The summed E-state index contributed by atoms with van der Waals surface area (Å²) in [4.78, 5) is 27.3. The number of ether oxygens (including phenoxy) is 1. The molecule has 0 radical (unpaired) electrons. The lowest BCUT2D eigenvalue weighted by Gasteiger charge is -2.23. The smallest absolute Gasteiger partial charge is 0.228 e. The molecule has 1 saturated heterocycles. The minimum absolute atomic E-state index is 0.120. The molecule has 0 aromatic carbocycles. The summed E-state index contributed by atoms with van der Waals surface area (Å²) in [5.74, 6) is 0.373. The molecule has 0 saturated carbocycles. The predicted octanol–water partition coefficient (Wildman–Crippen LogP) is 1.81. The number of thiazole rings is 1. The third kappa shape index (κ3) is 4.58. The van der Waals surface area contributed by atoms with E-state index in [1.165, 1.54) is 0 Å². The minimum atomic E-state index is 0.120. The number of aromatic nitrogens is 3. The summed E-state index contributed by atoms with van der Waals surface area (Å²) in [5, 5.41) is 2.96. The molecular formula is C17H22N4O2S. The van der Waals surface area contributed by atoms with Crippen molar-refractivity contribution in [3.63, 3.8) is 0 Å². The van der Waals surface area contributed by atoms with Gasteiger partial charge in [-0.1, -0.05) is 0 Å². The summed E-state index contributed by atoms with van der Waals surface area (Å²) in [7, 11) is 0. The van der Waals surface area contributed by atoms with Gasteiger partial charge in [0, 0.05) is 35.8 Å². The zero-order valence-corrected chi connectivity index (χ0v) is 14.9. The van der Waals surface area contributed by atoms with Crippen molar-refractivity contribution < 1.29 is 9.53 Å². The molecule has 3 rings (SSSR count). The molecule has 6 nitrogen and oxygen atoms in total. The molecule has 128 valence electrons. The summed E-state index contributed by atoms with van der Waals surface area (Å²) in [5.41, 5.74) is 2.82. The average Bonchev–Trinajstić information content (AvgIpc) is 2.81. The Kier molecular flexibility index (Phi) is 5.52. The van der Waals surface area contributed by atoms with Gasteiger partial charge in [-0.05, 0) is 26.3 Å². The first-order valence-corrected chi connectivity index (χ1v) is 9.02. The number of carbonyl (C=O) groups is 1. The largest absolute Gasteiger partial charge is 0.379 e. The van der Waals surface area contributed by atoms with Gasteiger partial charge >= 0.3 is 0 Å². The minimum Gasteiger partial charge on any atom is -0.379 e. The monoisotopic (exact) mass is 346 g/mol. The summed E-state index contributed by atoms with van der Waals surface area (Å²) in [6.07, 6.45) is 2.75. The van der Waals surface area contributed by atoms with Crippen molar-refractivity contribution in [2.75, 3.05) is 26.3 Å². The second-order valence-electron chi connectivity index (χ2n) is 6.17. The Morgan fingerprint density at radius 2 is 2.25 bits per heavy atom. The molecule has 2 aromatic heterocycles. The number of rotatable bonds is 4. The van der Waals surface area contributed by atoms with Gasteiger partial charge in [-0.3, -0.25) is 4.79 Å². The molecule has 0 bridgehead atoms. The summed E-state index contributed by atoms with van der Waals surface area (Å²) in [6.45, 7) is 6.49. The van der Waals surface area contributed by atoms with Crippen molar-refractivity contribution in [1.82, 2.24) is 19.9 Å². The standard InChI is InChI=1S/C17H22N4O2S/c1-12-5-15(19-11-18-12)6-14-8-21(3-4-23-9-14)17(22)7-16-10-24-13(2)20-16/h5,10-11,14H,3-4,6-9H2,1-2H3. The summed E-state index contributed by atoms with van der Waals surface area (Å²) in [6, 6.07) is 2.00. The second kappa shape index (κ2) is 7.81. The topological polar surface area (TPSA) is 68.2 Å². The number of aryl methyl sites for hydroxylation is 2. The Morgan fingerprint density at radius 3 is 3.00 bits per heavy atom. The first-order chi connectivity index (χ1) is 11.6. The molecule has 3 heterocycles. The highest BCUT2D eigenvalue weighted by atomic mass is 32.1. The van der Waals surface area contributed by atoms with Crippen LogP contribution >= 0.6 is 11.3 Å². The SMILES string of the molecule is Cc1cc(CC2COCCN(C(=O)Cc3csc(C)n3)C2)ncn1. The van der Waals surface area contributed by atoms with E-state index >= 15 is 0 Å². The lowest BCUT2D eigenvalue weighted by molar-refractivity contribution is -0.130. The van der Waals surface area contributed by atoms with E-state index in [1.807, 2.05) is 30.2 Å². The molecule has 1 fully saturated rings. The highest BCUT2D eigenvalue weighted by Gasteiger charge is 2.23. The maximum Gasteiger partial charge on any atom is 0.228 e. The van der Waals surface area contributed by atoms with Gasteiger partial charge < -0.3 is 9.64 Å². The van der Waals surface area contributed by atoms with Gasteiger partial charge in [0.2, 0.25) is 5.91 Å². The van der Waals surface area contributed by atoms with E-state index in [0.29, 0.717) is 32.7 Å². The van der Waals surface area contributed by atoms with Crippen LogP contribution in [0.15, 0.2) is 17.8 Å². The van der Waals surface area contributed by atoms with Crippen LogP contribution in [-0.4, -0.2) is 52.1 Å². The molecule has 1 atom stereocenters. The van der Waals surface area contributed by atoms with Crippen molar-refractivity contribution in [3.8, 4) is 0 Å². The van der Waals surface area contributed by atoms with Crippen LogP contribution in [0.3, 0.4) is 0 Å². The summed E-state index contributed by atoms with van der Waals surface area (Å²) < 4.78 is 5.69. The van der Waals surface area contributed by atoms with Gasteiger partial charge in [-0.15, -0.1) is 11.3 Å². The van der Waals surface area contributed by atoms with Crippen LogP contribution in [0.25, 0.3) is 0 Å². The van der Waals surface area contributed by atoms with Crippen LogP contribution in [-0.2, 0) is 22.4 Å². The molecule has 2 aromatic rings. The Labute approximate surface area is 145 Å². The number of carbonyl (C=O) groups excluding carboxylic acids is 1. The highest BCUT2D eigenvalue weighted by molar-refractivity contribution is 7.09. The van der Waals surface area contributed by atoms with E-state index in [2.05, 4.69) is 15.0 Å². The number of nitrogens with zero attached hydrogens (tertiary/aromatic N) is 4. The lowest BCUT2D eigenvalue weighted by atomic mass is 10.0. The van der Waals surface area contributed by atoms with Gasteiger partial charge in [-0.25, -0.2) is 15.0 Å². The molecule has 1 unspecified atom stereocenters. The van der Waals surface area contributed by atoms with Crippen LogP contribution in [0.1, 0.15) is 22.1 Å². The van der Waals surface area contributed by atoms with Crippen molar-refractivity contribution in [1.29, 1.82) is 0 Å². The summed E-state index contributed by atoms with van der Waals surface area (Å²) >= 11 is 1.58. The maximum atomic E-state index is 12.6. The third-order valence-electron chi connectivity index (χ3n) is 4.05. The van der Waals surface area contributed by atoms with Crippen molar-refractivity contribution in [3.05, 3.63) is 39.9 Å².